The molecule has 1 aliphatic rings. The van der Waals surface area contributed by atoms with Crippen LogP contribution in [0, 0.1) is 12.8 Å². The van der Waals surface area contributed by atoms with Crippen molar-refractivity contribution in [2.24, 2.45) is 18.7 Å². The Morgan fingerprint density at radius 2 is 2.21 bits per heavy atom. The molecule has 2 atom stereocenters. The summed E-state index contributed by atoms with van der Waals surface area (Å²) in [5, 5.41) is 7.31. The van der Waals surface area contributed by atoms with Crippen molar-refractivity contribution in [3.05, 3.63) is 17.5 Å². The number of carbonyl (C=O) groups excluding carboxylic acids is 1. The lowest BCUT2D eigenvalue weighted by Gasteiger charge is -2.31. The van der Waals surface area contributed by atoms with Crippen LogP contribution in [-0.4, -0.2) is 28.3 Å². The Kier molecular flexibility index (Phi) is 5.82. The van der Waals surface area contributed by atoms with Crippen LogP contribution >= 0.6 is 12.4 Å². The summed E-state index contributed by atoms with van der Waals surface area (Å²) in [5.74, 6) is 0.394. The molecule has 1 fully saturated rings. The minimum atomic E-state index is -0.0223. The Morgan fingerprint density at radius 1 is 1.53 bits per heavy atom. The van der Waals surface area contributed by atoms with Gasteiger partial charge in [0.1, 0.15) is 0 Å². The maximum atomic E-state index is 12.2. The van der Waals surface area contributed by atoms with E-state index in [0.717, 1.165) is 18.5 Å². The molecule has 1 aromatic rings. The van der Waals surface area contributed by atoms with Crippen LogP contribution in [0.1, 0.15) is 41.7 Å². The van der Waals surface area contributed by atoms with E-state index in [1.54, 1.807) is 10.9 Å². The topological polar surface area (TPSA) is 72.9 Å². The molecule has 19 heavy (non-hydrogen) atoms. The number of aromatic nitrogens is 2. The van der Waals surface area contributed by atoms with Gasteiger partial charge in [-0.15, -0.1) is 12.4 Å². The largest absolute Gasteiger partial charge is 0.349 e. The highest BCUT2D eigenvalue weighted by atomic mass is 35.5. The van der Waals surface area contributed by atoms with Crippen LogP contribution in [0.2, 0.25) is 0 Å². The van der Waals surface area contributed by atoms with Crippen molar-refractivity contribution in [2.45, 2.75) is 38.6 Å². The Labute approximate surface area is 120 Å². The first-order valence-electron chi connectivity index (χ1n) is 6.63. The number of halogens is 1. The van der Waals surface area contributed by atoms with Crippen LogP contribution in [0.3, 0.4) is 0 Å². The molecule has 0 bridgehead atoms. The molecule has 2 rings (SSSR count). The fraction of sp³-hybridized carbons (Fsp3) is 0.692. The summed E-state index contributed by atoms with van der Waals surface area (Å²) in [7, 11) is 1.83. The molecule has 5 nitrogen and oxygen atoms in total. The van der Waals surface area contributed by atoms with Gasteiger partial charge in [0.15, 0.2) is 0 Å². The van der Waals surface area contributed by atoms with E-state index in [-0.39, 0.29) is 24.4 Å². The predicted octanol–water partition coefficient (Wildman–Crippen LogP) is 1.40. The predicted molar refractivity (Wildman–Crippen MR) is 77.5 cm³/mol. The second-order valence-corrected chi connectivity index (χ2v) is 5.16. The monoisotopic (exact) mass is 286 g/mol. The van der Waals surface area contributed by atoms with Crippen molar-refractivity contribution in [1.29, 1.82) is 0 Å². The van der Waals surface area contributed by atoms with Gasteiger partial charge in [-0.2, -0.15) is 5.10 Å². The van der Waals surface area contributed by atoms with Crippen molar-refractivity contribution < 1.29 is 4.79 Å². The van der Waals surface area contributed by atoms with Gasteiger partial charge in [-0.3, -0.25) is 9.48 Å². The molecule has 1 aliphatic carbocycles. The molecule has 0 aromatic carbocycles. The molecule has 1 amide bonds. The maximum absolute atomic E-state index is 12.2. The van der Waals surface area contributed by atoms with E-state index in [4.69, 9.17) is 5.73 Å². The Bertz CT molecular complexity index is 432. The summed E-state index contributed by atoms with van der Waals surface area (Å²) in [4.78, 5) is 12.2. The highest BCUT2D eigenvalue weighted by Crippen LogP contribution is 2.23. The second kappa shape index (κ2) is 6.91. The van der Waals surface area contributed by atoms with Gasteiger partial charge in [0, 0.05) is 19.3 Å². The quantitative estimate of drug-likeness (QED) is 0.882. The number of nitrogens with one attached hydrogen (secondary N) is 1. The highest BCUT2D eigenvalue weighted by Gasteiger charge is 2.26. The summed E-state index contributed by atoms with van der Waals surface area (Å²) in [5.41, 5.74) is 7.21. The summed E-state index contributed by atoms with van der Waals surface area (Å²) in [6.07, 6.45) is 6.32. The minimum absolute atomic E-state index is 0. The average Bonchev–Trinajstić information content (AvgIpc) is 2.69. The lowest BCUT2D eigenvalue weighted by Crippen LogP contribution is -2.44. The number of aryl methyl sites for hydroxylation is 2. The third kappa shape index (κ3) is 3.70. The van der Waals surface area contributed by atoms with Crippen molar-refractivity contribution in [2.75, 3.05) is 6.54 Å². The molecule has 0 spiro atoms. The average molecular weight is 287 g/mol. The lowest BCUT2D eigenvalue weighted by atomic mass is 9.84. The molecular weight excluding hydrogens is 264 g/mol. The van der Waals surface area contributed by atoms with E-state index in [1.165, 1.54) is 12.8 Å². The molecule has 1 heterocycles. The number of amides is 1. The van der Waals surface area contributed by atoms with Crippen LogP contribution in [0.5, 0.6) is 0 Å². The Morgan fingerprint density at radius 3 is 2.79 bits per heavy atom. The molecule has 0 aliphatic heterocycles. The number of nitrogens with two attached hydrogens (primary N) is 1. The smallest absolute Gasteiger partial charge is 0.254 e. The number of hydrogen-bond donors (Lipinski definition) is 2. The van der Waals surface area contributed by atoms with Gasteiger partial charge >= 0.3 is 0 Å². The normalized spacial score (nSPS) is 22.7. The van der Waals surface area contributed by atoms with Crippen molar-refractivity contribution in [1.82, 2.24) is 15.1 Å². The molecule has 0 radical (unpaired) electrons. The number of carbonyl (C=O) groups is 1. The Balaban J connectivity index is 0.00000180. The SMILES string of the molecule is Cc1nn(C)cc1C(=O)NC1CCCCC1CN.Cl. The number of nitrogens with zero attached hydrogens (tertiary/aromatic N) is 2. The molecule has 1 aromatic heterocycles. The van der Waals surface area contributed by atoms with E-state index in [1.807, 2.05) is 14.0 Å². The van der Waals surface area contributed by atoms with Gasteiger partial charge < -0.3 is 11.1 Å². The van der Waals surface area contributed by atoms with Gasteiger partial charge in [0.2, 0.25) is 0 Å². The molecule has 1 saturated carbocycles. The van der Waals surface area contributed by atoms with Gasteiger partial charge in [0.25, 0.3) is 5.91 Å². The zero-order valence-electron chi connectivity index (χ0n) is 11.6. The maximum Gasteiger partial charge on any atom is 0.254 e. The second-order valence-electron chi connectivity index (χ2n) is 5.16. The molecule has 3 N–H and O–H groups in total. The standard InChI is InChI=1S/C13H22N4O.ClH/c1-9-11(8-17(2)16-9)13(18)15-12-6-4-3-5-10(12)7-14;/h8,10,12H,3-7,14H2,1-2H3,(H,15,18);1H. The van der Waals surface area contributed by atoms with Crippen LogP contribution in [0.4, 0.5) is 0 Å². The van der Waals surface area contributed by atoms with Crippen molar-refractivity contribution in [3.8, 4) is 0 Å². The third-order valence-corrected chi connectivity index (χ3v) is 3.79. The molecule has 2 unspecified atom stereocenters. The van der Waals surface area contributed by atoms with E-state index in [0.29, 0.717) is 18.0 Å². The molecule has 108 valence electrons. The van der Waals surface area contributed by atoms with Gasteiger partial charge in [-0.1, -0.05) is 12.8 Å². The van der Waals surface area contributed by atoms with Crippen LogP contribution in [-0.2, 0) is 7.05 Å². The van der Waals surface area contributed by atoms with Crippen LogP contribution in [0.25, 0.3) is 0 Å². The van der Waals surface area contributed by atoms with Crippen molar-refractivity contribution >= 4 is 18.3 Å². The zero-order chi connectivity index (χ0) is 13.1. The fourth-order valence-electron chi connectivity index (χ4n) is 2.75. The van der Waals surface area contributed by atoms with Crippen LogP contribution < -0.4 is 11.1 Å². The summed E-state index contributed by atoms with van der Waals surface area (Å²) >= 11 is 0. The first kappa shape index (κ1) is 16.0. The van der Waals surface area contributed by atoms with Gasteiger partial charge in [-0.25, -0.2) is 0 Å². The third-order valence-electron chi connectivity index (χ3n) is 3.79. The number of rotatable bonds is 3. The summed E-state index contributed by atoms with van der Waals surface area (Å²) < 4.78 is 1.67. The molecule has 6 heteroatoms. The minimum Gasteiger partial charge on any atom is -0.349 e. The van der Waals surface area contributed by atoms with Crippen molar-refractivity contribution in [3.63, 3.8) is 0 Å². The van der Waals surface area contributed by atoms with Crippen LogP contribution in [0.15, 0.2) is 6.20 Å². The van der Waals surface area contributed by atoms with E-state index in [2.05, 4.69) is 10.4 Å². The lowest BCUT2D eigenvalue weighted by molar-refractivity contribution is 0.0907. The van der Waals surface area contributed by atoms with E-state index >= 15 is 0 Å². The van der Waals surface area contributed by atoms with E-state index in [9.17, 15) is 4.79 Å². The van der Waals surface area contributed by atoms with Gasteiger partial charge in [0.05, 0.1) is 11.3 Å². The van der Waals surface area contributed by atoms with E-state index < -0.39 is 0 Å². The first-order chi connectivity index (χ1) is 8.61. The highest BCUT2D eigenvalue weighted by molar-refractivity contribution is 5.95. The fourth-order valence-corrected chi connectivity index (χ4v) is 2.75. The Hall–Kier alpha value is -1.07. The first-order valence-corrected chi connectivity index (χ1v) is 6.63. The van der Waals surface area contributed by atoms with Gasteiger partial charge in [-0.05, 0) is 32.2 Å². The number of hydrogen-bond acceptors (Lipinski definition) is 3. The summed E-state index contributed by atoms with van der Waals surface area (Å²) in [6, 6.07) is 0.218. The zero-order valence-corrected chi connectivity index (χ0v) is 12.4. The molecule has 0 saturated heterocycles. The molecular formula is C13H23ClN4O. The summed E-state index contributed by atoms with van der Waals surface area (Å²) in [6.45, 7) is 2.51.